The van der Waals surface area contributed by atoms with Gasteiger partial charge in [0.05, 0.1) is 13.2 Å². The number of rotatable bonds is 3. The quantitative estimate of drug-likeness (QED) is 0.566. The second kappa shape index (κ2) is 13.4. The second-order valence-electron chi connectivity index (χ2n) is 4.82. The normalized spacial score (nSPS) is 8.64. The van der Waals surface area contributed by atoms with Gasteiger partial charge in [-0.25, -0.2) is 12.1 Å². The molecule has 22 heavy (non-hydrogen) atoms. The van der Waals surface area contributed by atoms with Crippen molar-refractivity contribution in [1.29, 1.82) is 0 Å². The molecular weight excluding hydrogens is 398 g/mol. The summed E-state index contributed by atoms with van der Waals surface area (Å²) in [6.45, 7) is 11.4. The van der Waals surface area contributed by atoms with E-state index in [4.69, 9.17) is 9.84 Å². The maximum absolute atomic E-state index is 8.34. The predicted octanol–water partition coefficient (Wildman–Crippen LogP) is -2.27. The zero-order valence-corrected chi connectivity index (χ0v) is 17.8. The maximum atomic E-state index is 8.34. The minimum atomic E-state index is 0. The summed E-state index contributed by atoms with van der Waals surface area (Å²) < 4.78 is 5.05. The van der Waals surface area contributed by atoms with Gasteiger partial charge in [0.25, 0.3) is 0 Å². The molecule has 0 aliphatic carbocycles. The van der Waals surface area contributed by atoms with Gasteiger partial charge in [0.15, 0.2) is 0 Å². The van der Waals surface area contributed by atoms with E-state index in [-0.39, 0.29) is 57.6 Å². The van der Waals surface area contributed by atoms with Crippen LogP contribution in [0.3, 0.4) is 0 Å². The van der Waals surface area contributed by atoms with Crippen LogP contribution in [0.1, 0.15) is 27.8 Å². The van der Waals surface area contributed by atoms with Crippen molar-refractivity contribution >= 4 is 0 Å². The van der Waals surface area contributed by atoms with E-state index in [1.165, 1.54) is 27.8 Å². The van der Waals surface area contributed by atoms with Crippen LogP contribution in [0.2, 0.25) is 0 Å². The van der Waals surface area contributed by atoms with Gasteiger partial charge in [-0.2, -0.15) is 27.8 Å². The van der Waals surface area contributed by atoms with Gasteiger partial charge in [-0.1, -0.05) is 34.6 Å². The monoisotopic (exact) mass is 420 g/mol. The Morgan fingerprint density at radius 3 is 1.64 bits per heavy atom. The van der Waals surface area contributed by atoms with Gasteiger partial charge in [-0.05, 0) is 0 Å². The number of hydrogen-bond acceptors (Lipinski definition) is 2. The van der Waals surface area contributed by atoms with Crippen LogP contribution in [-0.4, -0.2) is 18.3 Å². The topological polar surface area (TPSA) is 29.5 Å². The number of halogens is 2. The van der Waals surface area contributed by atoms with Crippen molar-refractivity contribution in [1.82, 2.24) is 0 Å². The van der Waals surface area contributed by atoms with Crippen molar-refractivity contribution in [2.24, 2.45) is 0 Å². The third kappa shape index (κ3) is 7.46. The van der Waals surface area contributed by atoms with E-state index in [0.717, 1.165) is 5.75 Å². The van der Waals surface area contributed by atoms with Crippen molar-refractivity contribution in [3.05, 3.63) is 52.1 Å². The summed E-state index contributed by atoms with van der Waals surface area (Å²) in [5, 5.41) is 8.34. The molecule has 0 bridgehead atoms. The van der Waals surface area contributed by atoms with Gasteiger partial charge < -0.3 is 34.7 Å². The molecule has 0 aromatic heterocycles. The summed E-state index contributed by atoms with van der Waals surface area (Å²) in [6, 6.07) is 7.50. The van der Waals surface area contributed by atoms with Crippen LogP contribution < -0.4 is 29.6 Å². The fraction of sp³-hybridized carbons (Fsp3) is 0.412. The van der Waals surface area contributed by atoms with Crippen molar-refractivity contribution in [3.8, 4) is 5.75 Å². The van der Waals surface area contributed by atoms with Crippen molar-refractivity contribution in [2.45, 2.75) is 34.6 Å². The molecule has 2 aromatic carbocycles. The average Bonchev–Trinajstić information content (AvgIpc) is 2.99. The van der Waals surface area contributed by atoms with Gasteiger partial charge >= 0.3 is 26.2 Å². The van der Waals surface area contributed by atoms with Crippen molar-refractivity contribution in [3.63, 3.8) is 0 Å². The van der Waals surface area contributed by atoms with E-state index in [1.807, 2.05) is 24.3 Å². The molecule has 0 aliphatic rings. The molecule has 0 heterocycles. The molecule has 2 nitrogen and oxygen atoms in total. The third-order valence-corrected chi connectivity index (χ3v) is 3.80. The first-order valence-corrected chi connectivity index (χ1v) is 6.64. The van der Waals surface area contributed by atoms with Crippen molar-refractivity contribution in [2.75, 3.05) is 13.2 Å². The summed E-state index contributed by atoms with van der Waals surface area (Å²) in [4.78, 5) is 0. The molecule has 122 valence electrons. The van der Waals surface area contributed by atoms with Gasteiger partial charge in [-0.3, -0.25) is 0 Å². The molecule has 2 rings (SSSR count). The van der Waals surface area contributed by atoms with Crippen LogP contribution in [-0.2, 0) is 26.2 Å². The first kappa shape index (κ1) is 26.8. The zero-order chi connectivity index (χ0) is 14.4. The first-order chi connectivity index (χ1) is 8.99. The second-order valence-corrected chi connectivity index (χ2v) is 4.82. The van der Waals surface area contributed by atoms with E-state index >= 15 is 0 Å². The van der Waals surface area contributed by atoms with E-state index < -0.39 is 0 Å². The minimum Gasteiger partial charge on any atom is -1.00 e. The molecule has 5 heteroatoms. The third-order valence-electron chi connectivity index (χ3n) is 3.80. The summed E-state index contributed by atoms with van der Waals surface area (Å²) in [5.74, 6) is 0.823. The predicted molar refractivity (Wildman–Crippen MR) is 80.3 cm³/mol. The van der Waals surface area contributed by atoms with Gasteiger partial charge in [0, 0.05) is 5.75 Å². The van der Waals surface area contributed by atoms with E-state index in [1.54, 1.807) is 0 Å². The Hall–Kier alpha value is -0.0769. The van der Waals surface area contributed by atoms with Crippen LogP contribution in [0.5, 0.6) is 5.75 Å². The van der Waals surface area contributed by atoms with E-state index in [9.17, 15) is 0 Å². The minimum absolute atomic E-state index is 0. The molecule has 0 radical (unpaired) electrons. The van der Waals surface area contributed by atoms with Gasteiger partial charge in [-0.15, -0.1) is 12.1 Å². The van der Waals surface area contributed by atoms with Gasteiger partial charge in [0.1, 0.15) is 0 Å². The molecule has 0 spiro atoms. The Bertz CT molecular complexity index is 425. The zero-order valence-electron chi connectivity index (χ0n) is 13.8. The molecule has 0 atom stereocenters. The molecule has 0 saturated carbocycles. The molecule has 0 aliphatic heterocycles. The standard InChI is InChI=1S/C10H15.C7H9O2.2ClH.Zr/c1-6-7(2)9(4)10(5)8(6)3;8-5-6-9-7-3-1-2-4-7;;;/h1-5H3;1-4,8H,5-6H2;2*1H;/q2*-1;;;+4/p-2. The summed E-state index contributed by atoms with van der Waals surface area (Å²) in [7, 11) is 0. The fourth-order valence-electron chi connectivity index (χ4n) is 2.02. The molecule has 0 saturated heterocycles. The molecule has 2 aromatic rings. The summed E-state index contributed by atoms with van der Waals surface area (Å²) >= 11 is 0. The fourth-order valence-corrected chi connectivity index (χ4v) is 2.02. The average molecular weight is 423 g/mol. The van der Waals surface area contributed by atoms with Crippen LogP contribution >= 0.6 is 0 Å². The molecule has 0 amide bonds. The Morgan fingerprint density at radius 2 is 1.36 bits per heavy atom. The van der Waals surface area contributed by atoms with Crippen LogP contribution in [0, 0.1) is 34.6 Å². The number of aliphatic hydroxyl groups excluding tert-OH is 1. The smallest absolute Gasteiger partial charge is 1.00 e. The van der Waals surface area contributed by atoms with Crippen LogP contribution in [0.4, 0.5) is 0 Å². The Balaban J connectivity index is -0.000000290. The maximum Gasteiger partial charge on any atom is 4.00 e. The molecule has 1 N–H and O–H groups in total. The molecular formula is C17H24Cl2O2Zr. The Kier molecular flexibility index (Phi) is 16.3. The Labute approximate surface area is 165 Å². The van der Waals surface area contributed by atoms with E-state index in [2.05, 4.69) is 34.6 Å². The Morgan fingerprint density at radius 1 is 0.955 bits per heavy atom. The number of hydrogen-bond donors (Lipinski definition) is 1. The summed E-state index contributed by atoms with van der Waals surface area (Å²) in [5.41, 5.74) is 7.34. The van der Waals surface area contributed by atoms with Crippen molar-refractivity contribution < 1.29 is 60.9 Å². The van der Waals surface area contributed by atoms with Crippen LogP contribution in [0.25, 0.3) is 0 Å². The first-order valence-electron chi connectivity index (χ1n) is 6.64. The van der Waals surface area contributed by atoms with Crippen LogP contribution in [0.15, 0.2) is 24.3 Å². The molecule has 0 fully saturated rings. The van der Waals surface area contributed by atoms with Gasteiger partial charge in [0.2, 0.25) is 0 Å². The SMILES string of the molecule is Cc1c(C)c(C)[c-](C)c1C.OCCO[c-]1cccc1.[Cl-].[Cl-].[Zr+4]. The molecule has 0 unspecified atom stereocenters. The number of ether oxygens (including phenoxy) is 1. The number of aliphatic hydroxyl groups is 1. The summed E-state index contributed by atoms with van der Waals surface area (Å²) in [6.07, 6.45) is 0. The van der Waals surface area contributed by atoms with E-state index in [0.29, 0.717) is 6.61 Å². The largest absolute Gasteiger partial charge is 4.00 e.